The molecule has 1 heterocycles. The van der Waals surface area contributed by atoms with Crippen LogP contribution in [0.2, 0.25) is 0 Å². The lowest BCUT2D eigenvalue weighted by atomic mass is 9.84. The Morgan fingerprint density at radius 1 is 1.52 bits per heavy atom. The van der Waals surface area contributed by atoms with Crippen molar-refractivity contribution in [1.82, 2.24) is 5.32 Å². The Balaban J connectivity index is 2.33. The number of alkyl halides is 1. The summed E-state index contributed by atoms with van der Waals surface area (Å²) in [5, 5.41) is 12.5. The molecule has 6 heteroatoms. The molecule has 1 fully saturated rings. The second kappa shape index (κ2) is 6.66. The van der Waals surface area contributed by atoms with Crippen LogP contribution in [0.3, 0.4) is 0 Å². The van der Waals surface area contributed by atoms with E-state index in [1.807, 2.05) is 0 Å². The zero-order valence-corrected chi connectivity index (χ0v) is 13.7. The number of rotatable bonds is 5. The maximum atomic E-state index is 14.6. The highest BCUT2D eigenvalue weighted by Crippen LogP contribution is 2.32. The van der Waals surface area contributed by atoms with E-state index in [-0.39, 0.29) is 18.0 Å². The molecule has 2 atom stereocenters. The fraction of sp³-hybridized carbons (Fsp3) is 0.529. The highest BCUT2D eigenvalue weighted by Gasteiger charge is 2.37. The predicted molar refractivity (Wildman–Crippen MR) is 86.8 cm³/mol. The summed E-state index contributed by atoms with van der Waals surface area (Å²) in [5.74, 6) is -1.36. The number of hydrogen-bond donors (Lipinski definition) is 2. The van der Waals surface area contributed by atoms with E-state index in [0.717, 1.165) is 0 Å². The molecule has 126 valence electrons. The van der Waals surface area contributed by atoms with Gasteiger partial charge in [-0.1, -0.05) is 6.07 Å². The smallest absolute Gasteiger partial charge is 0.336 e. The minimum atomic E-state index is -1.35. The number of nitrogens with one attached hydrogen (secondary N) is 1. The van der Waals surface area contributed by atoms with E-state index in [1.54, 1.807) is 32.9 Å². The van der Waals surface area contributed by atoms with Crippen LogP contribution < -0.4 is 10.2 Å². The number of carbonyl (C=O) groups is 2. The number of nitrogens with zero attached hydrogens (tertiary/aromatic N) is 1. The first-order valence-electron chi connectivity index (χ1n) is 7.73. The number of anilines is 1. The third-order valence-corrected chi connectivity index (χ3v) is 4.74. The number of aryl methyl sites for hydroxylation is 1. The van der Waals surface area contributed by atoms with Crippen LogP contribution in [0.1, 0.15) is 34.8 Å². The molecule has 0 spiro atoms. The fourth-order valence-electron chi connectivity index (χ4n) is 3.19. The van der Waals surface area contributed by atoms with E-state index in [9.17, 15) is 19.1 Å². The zero-order valence-electron chi connectivity index (χ0n) is 13.7. The highest BCUT2D eigenvalue weighted by molar-refractivity contribution is 5.94. The minimum absolute atomic E-state index is 0.194. The van der Waals surface area contributed by atoms with Crippen LogP contribution in [0.25, 0.3) is 0 Å². The van der Waals surface area contributed by atoms with Gasteiger partial charge in [0.25, 0.3) is 0 Å². The van der Waals surface area contributed by atoms with Gasteiger partial charge in [-0.3, -0.25) is 4.79 Å². The average molecular weight is 322 g/mol. The van der Waals surface area contributed by atoms with E-state index < -0.39 is 11.6 Å². The molecule has 0 saturated carbocycles. The summed E-state index contributed by atoms with van der Waals surface area (Å²) in [5.41, 5.74) is 0.525. The molecule has 0 bridgehead atoms. The minimum Gasteiger partial charge on any atom is -0.478 e. The van der Waals surface area contributed by atoms with E-state index >= 15 is 0 Å². The van der Waals surface area contributed by atoms with Crippen molar-refractivity contribution in [3.8, 4) is 0 Å². The number of piperidine rings is 1. The summed E-state index contributed by atoms with van der Waals surface area (Å²) in [6.45, 7) is 6.29. The Morgan fingerprint density at radius 2 is 2.22 bits per heavy atom. The summed E-state index contributed by atoms with van der Waals surface area (Å²) in [7, 11) is 0. The lowest BCUT2D eigenvalue weighted by molar-refractivity contribution is -0.107. The molecular weight excluding hydrogens is 299 g/mol. The van der Waals surface area contributed by atoms with Crippen molar-refractivity contribution in [3.63, 3.8) is 0 Å². The van der Waals surface area contributed by atoms with Crippen LogP contribution in [0.4, 0.5) is 10.1 Å². The van der Waals surface area contributed by atoms with Crippen molar-refractivity contribution in [2.45, 2.75) is 32.9 Å². The third kappa shape index (κ3) is 3.52. The van der Waals surface area contributed by atoms with Crippen molar-refractivity contribution in [2.24, 2.45) is 5.92 Å². The molecule has 0 aliphatic carbocycles. The molecule has 2 unspecified atom stereocenters. The summed E-state index contributed by atoms with van der Waals surface area (Å²) in [6.07, 6.45) is 1.05. The molecule has 2 N–H and O–H groups in total. The van der Waals surface area contributed by atoms with Crippen molar-refractivity contribution in [3.05, 3.63) is 28.8 Å². The largest absolute Gasteiger partial charge is 0.478 e. The van der Waals surface area contributed by atoms with Crippen LogP contribution in [-0.4, -0.2) is 42.8 Å². The first kappa shape index (κ1) is 17.4. The highest BCUT2D eigenvalue weighted by atomic mass is 19.1. The van der Waals surface area contributed by atoms with E-state index in [2.05, 4.69) is 5.32 Å². The van der Waals surface area contributed by atoms with Gasteiger partial charge in [-0.25, -0.2) is 9.18 Å². The van der Waals surface area contributed by atoms with E-state index in [1.165, 1.54) is 4.90 Å². The summed E-state index contributed by atoms with van der Waals surface area (Å²) >= 11 is 0. The van der Waals surface area contributed by atoms with Crippen LogP contribution in [0, 0.1) is 19.8 Å². The second-order valence-electron chi connectivity index (χ2n) is 6.39. The van der Waals surface area contributed by atoms with E-state index in [0.29, 0.717) is 42.7 Å². The predicted octanol–water partition coefficient (Wildman–Crippen LogP) is 2.30. The van der Waals surface area contributed by atoms with Gasteiger partial charge in [0.05, 0.1) is 5.56 Å². The number of carboxylic acid groups (broad SMARTS) is 1. The van der Waals surface area contributed by atoms with Gasteiger partial charge in [0, 0.05) is 24.7 Å². The molecule has 2 rings (SSSR count). The summed E-state index contributed by atoms with van der Waals surface area (Å²) in [4.78, 5) is 24.4. The van der Waals surface area contributed by atoms with Crippen molar-refractivity contribution in [2.75, 3.05) is 24.5 Å². The SMILES string of the molecule is Cc1ccc(N(C=O)CC2CNCCC2(C)F)c(C)c1C(=O)O. The first-order valence-corrected chi connectivity index (χ1v) is 7.73. The van der Waals surface area contributed by atoms with Crippen molar-refractivity contribution in [1.29, 1.82) is 0 Å². The Morgan fingerprint density at radius 3 is 2.78 bits per heavy atom. The quantitative estimate of drug-likeness (QED) is 0.816. The van der Waals surface area contributed by atoms with Gasteiger partial charge in [0.1, 0.15) is 5.67 Å². The molecule has 1 aromatic rings. The van der Waals surface area contributed by atoms with Crippen LogP contribution in [0.5, 0.6) is 0 Å². The van der Waals surface area contributed by atoms with Crippen LogP contribution in [0.15, 0.2) is 12.1 Å². The van der Waals surface area contributed by atoms with Crippen LogP contribution >= 0.6 is 0 Å². The number of carbonyl (C=O) groups excluding carboxylic acids is 1. The first-order chi connectivity index (χ1) is 10.8. The monoisotopic (exact) mass is 322 g/mol. The summed E-state index contributed by atoms with van der Waals surface area (Å²) < 4.78 is 14.6. The average Bonchev–Trinajstić information content (AvgIpc) is 2.46. The Labute approximate surface area is 135 Å². The maximum Gasteiger partial charge on any atom is 0.336 e. The van der Waals surface area contributed by atoms with Crippen LogP contribution in [-0.2, 0) is 4.79 Å². The molecule has 1 aliphatic rings. The molecule has 5 nitrogen and oxygen atoms in total. The number of amides is 1. The lowest BCUT2D eigenvalue weighted by Gasteiger charge is -2.38. The van der Waals surface area contributed by atoms with E-state index in [4.69, 9.17) is 0 Å². The lowest BCUT2D eigenvalue weighted by Crippen LogP contribution is -2.50. The van der Waals surface area contributed by atoms with Gasteiger partial charge < -0.3 is 15.3 Å². The number of aromatic carboxylic acids is 1. The van der Waals surface area contributed by atoms with Crippen molar-refractivity contribution < 1.29 is 19.1 Å². The second-order valence-corrected chi connectivity index (χ2v) is 6.39. The topological polar surface area (TPSA) is 69.6 Å². The number of benzene rings is 1. The molecule has 1 aromatic carbocycles. The molecular formula is C17H23FN2O3. The number of hydrogen-bond acceptors (Lipinski definition) is 3. The fourth-order valence-corrected chi connectivity index (χ4v) is 3.19. The normalized spacial score (nSPS) is 24.3. The zero-order chi connectivity index (χ0) is 17.2. The Bertz CT molecular complexity index is 616. The summed E-state index contributed by atoms with van der Waals surface area (Å²) in [6, 6.07) is 3.40. The number of halogens is 1. The Kier molecular flexibility index (Phi) is 5.04. The maximum absolute atomic E-state index is 14.6. The molecule has 1 saturated heterocycles. The van der Waals surface area contributed by atoms with Gasteiger partial charge in [0.15, 0.2) is 0 Å². The molecule has 23 heavy (non-hydrogen) atoms. The van der Waals surface area contributed by atoms with Gasteiger partial charge in [-0.05, 0) is 50.9 Å². The van der Waals surface area contributed by atoms with Gasteiger partial charge in [-0.2, -0.15) is 0 Å². The van der Waals surface area contributed by atoms with Gasteiger partial charge in [-0.15, -0.1) is 0 Å². The standard InChI is InChI=1S/C17H23FN2O3/c1-11-4-5-14(12(2)15(11)16(22)23)20(10-21)9-13-8-19-7-6-17(13,3)18/h4-5,10,13,19H,6-9H2,1-3H3,(H,22,23). The van der Waals surface area contributed by atoms with Gasteiger partial charge in [0.2, 0.25) is 6.41 Å². The third-order valence-electron chi connectivity index (χ3n) is 4.74. The Hall–Kier alpha value is -1.95. The molecule has 1 amide bonds. The van der Waals surface area contributed by atoms with Gasteiger partial charge >= 0.3 is 5.97 Å². The molecule has 0 radical (unpaired) electrons. The molecule has 1 aliphatic heterocycles. The molecule has 0 aromatic heterocycles. The number of carboxylic acids is 1. The van der Waals surface area contributed by atoms with Crippen molar-refractivity contribution >= 4 is 18.1 Å².